The quantitative estimate of drug-likeness (QED) is 0.813. The highest BCUT2D eigenvalue weighted by molar-refractivity contribution is 7.92. The zero-order chi connectivity index (χ0) is 15.5. The summed E-state index contributed by atoms with van der Waals surface area (Å²) in [5.41, 5.74) is 1.15. The van der Waals surface area contributed by atoms with Crippen molar-refractivity contribution in [2.45, 2.75) is 13.8 Å². The first-order chi connectivity index (χ1) is 9.91. The van der Waals surface area contributed by atoms with Gasteiger partial charge in [0, 0.05) is 5.88 Å². The van der Waals surface area contributed by atoms with Crippen LogP contribution in [-0.4, -0.2) is 40.3 Å². The van der Waals surface area contributed by atoms with Crippen molar-refractivity contribution in [1.29, 1.82) is 0 Å². The first-order valence-corrected chi connectivity index (χ1v) is 8.52. The Labute approximate surface area is 128 Å². The van der Waals surface area contributed by atoms with Crippen molar-refractivity contribution in [1.82, 2.24) is 20.2 Å². The normalized spacial score (nSPS) is 13.1. The molecule has 21 heavy (non-hydrogen) atoms. The Morgan fingerprint density at radius 1 is 1.43 bits per heavy atom. The number of aryl methyl sites for hydroxylation is 1. The van der Waals surface area contributed by atoms with Gasteiger partial charge >= 0.3 is 0 Å². The van der Waals surface area contributed by atoms with Crippen LogP contribution in [0.25, 0.3) is 5.69 Å². The van der Waals surface area contributed by atoms with Crippen LogP contribution in [0.15, 0.2) is 24.3 Å². The fourth-order valence-electron chi connectivity index (χ4n) is 1.81. The van der Waals surface area contributed by atoms with E-state index in [1.165, 1.54) is 4.68 Å². The number of aromatic nitrogens is 4. The highest BCUT2D eigenvalue weighted by Gasteiger charge is 2.15. The smallest absolute Gasteiger partial charge is 0.233 e. The summed E-state index contributed by atoms with van der Waals surface area (Å²) in [7, 11) is -3.44. The summed E-state index contributed by atoms with van der Waals surface area (Å²) >= 11 is 5.65. The maximum Gasteiger partial charge on any atom is 0.233 e. The topological polar surface area (TPSA) is 89.8 Å². The van der Waals surface area contributed by atoms with Gasteiger partial charge in [-0.25, -0.2) is 8.42 Å². The number of tetrazole rings is 1. The van der Waals surface area contributed by atoms with E-state index in [-0.39, 0.29) is 11.7 Å². The molecule has 1 aromatic carbocycles. The third-order valence-electron chi connectivity index (χ3n) is 2.76. The van der Waals surface area contributed by atoms with E-state index in [1.807, 2.05) is 0 Å². The number of halogens is 1. The Morgan fingerprint density at radius 2 is 2.19 bits per heavy atom. The van der Waals surface area contributed by atoms with Crippen molar-refractivity contribution < 1.29 is 8.42 Å². The molecule has 0 saturated heterocycles. The molecule has 0 fully saturated rings. The van der Waals surface area contributed by atoms with E-state index in [0.29, 0.717) is 23.1 Å². The van der Waals surface area contributed by atoms with E-state index in [4.69, 9.17) is 11.6 Å². The number of alkyl halides is 1. The summed E-state index contributed by atoms with van der Waals surface area (Å²) in [5, 5.41) is 11.2. The molecule has 0 aliphatic rings. The standard InChI is InChI=1S/C12H16ClN5O2S/c1-9(7-13)8-21(19,20)15-11-4-3-5-12(6-11)18-10(2)14-16-17-18/h3-6,9,15H,7-8H2,1-2H3. The van der Waals surface area contributed by atoms with Crippen LogP contribution >= 0.6 is 11.6 Å². The van der Waals surface area contributed by atoms with Crippen LogP contribution in [0.2, 0.25) is 0 Å². The molecule has 1 unspecified atom stereocenters. The van der Waals surface area contributed by atoms with Gasteiger partial charge in [-0.2, -0.15) is 4.68 Å². The Bertz CT molecular complexity index is 716. The van der Waals surface area contributed by atoms with Crippen molar-refractivity contribution >= 4 is 27.3 Å². The van der Waals surface area contributed by atoms with Crippen molar-refractivity contribution in [3.63, 3.8) is 0 Å². The average molecular weight is 330 g/mol. The lowest BCUT2D eigenvalue weighted by molar-refractivity contribution is 0.588. The van der Waals surface area contributed by atoms with Gasteiger partial charge in [0.15, 0.2) is 5.82 Å². The van der Waals surface area contributed by atoms with E-state index in [0.717, 1.165) is 0 Å². The predicted octanol–water partition coefficient (Wildman–Crippen LogP) is 1.59. The van der Waals surface area contributed by atoms with Crippen LogP contribution in [-0.2, 0) is 10.0 Å². The molecular formula is C12H16ClN5O2S. The number of hydrogen-bond acceptors (Lipinski definition) is 5. The summed E-state index contributed by atoms with van der Waals surface area (Å²) < 4.78 is 28.1. The highest BCUT2D eigenvalue weighted by Crippen LogP contribution is 2.16. The van der Waals surface area contributed by atoms with Crippen molar-refractivity contribution in [3.05, 3.63) is 30.1 Å². The van der Waals surface area contributed by atoms with Crippen LogP contribution in [0.1, 0.15) is 12.7 Å². The zero-order valence-electron chi connectivity index (χ0n) is 11.7. The van der Waals surface area contributed by atoms with Gasteiger partial charge in [-0.1, -0.05) is 13.0 Å². The van der Waals surface area contributed by atoms with Crippen LogP contribution in [0.4, 0.5) is 5.69 Å². The van der Waals surface area contributed by atoms with Crippen molar-refractivity contribution in [3.8, 4) is 5.69 Å². The third kappa shape index (κ3) is 4.15. The molecule has 2 rings (SSSR count). The zero-order valence-corrected chi connectivity index (χ0v) is 13.3. The molecule has 0 aliphatic carbocycles. The minimum Gasteiger partial charge on any atom is -0.283 e. The van der Waals surface area contributed by atoms with Crippen LogP contribution < -0.4 is 4.72 Å². The van der Waals surface area contributed by atoms with Gasteiger partial charge in [0.1, 0.15) is 0 Å². The average Bonchev–Trinajstić information content (AvgIpc) is 2.84. The molecular weight excluding hydrogens is 314 g/mol. The van der Waals surface area contributed by atoms with E-state index in [1.54, 1.807) is 38.1 Å². The van der Waals surface area contributed by atoms with Crippen molar-refractivity contribution in [2.24, 2.45) is 5.92 Å². The number of nitrogens with one attached hydrogen (secondary N) is 1. The molecule has 1 aromatic heterocycles. The number of nitrogens with zero attached hydrogens (tertiary/aromatic N) is 4. The maximum atomic E-state index is 12.0. The molecule has 7 nitrogen and oxygen atoms in total. The number of anilines is 1. The minimum atomic E-state index is -3.44. The first kappa shape index (κ1) is 15.7. The molecule has 0 spiro atoms. The van der Waals surface area contributed by atoms with Gasteiger partial charge in [-0.05, 0) is 41.5 Å². The van der Waals surface area contributed by atoms with Gasteiger partial charge in [0.05, 0.1) is 17.1 Å². The molecule has 0 saturated carbocycles. The summed E-state index contributed by atoms with van der Waals surface area (Å²) in [6.45, 7) is 3.55. The minimum absolute atomic E-state index is 0.0232. The molecule has 1 heterocycles. The second-order valence-corrected chi connectivity index (χ2v) is 6.91. The summed E-state index contributed by atoms with van der Waals surface area (Å²) in [6, 6.07) is 6.88. The number of rotatable bonds is 6. The molecule has 1 atom stereocenters. The lowest BCUT2D eigenvalue weighted by atomic mass is 10.3. The molecule has 0 radical (unpaired) electrons. The number of benzene rings is 1. The molecule has 1 N–H and O–H groups in total. The Kier molecular flexibility index (Phi) is 4.79. The molecule has 114 valence electrons. The summed E-state index contributed by atoms with van der Waals surface area (Å²) in [4.78, 5) is 0. The fourth-order valence-corrected chi connectivity index (χ4v) is 3.49. The summed E-state index contributed by atoms with van der Waals surface area (Å²) in [5.74, 6) is 0.773. The summed E-state index contributed by atoms with van der Waals surface area (Å²) in [6.07, 6.45) is 0. The largest absolute Gasteiger partial charge is 0.283 e. The van der Waals surface area contributed by atoms with Gasteiger partial charge in [-0.3, -0.25) is 4.72 Å². The third-order valence-corrected chi connectivity index (χ3v) is 4.84. The first-order valence-electron chi connectivity index (χ1n) is 6.33. The molecule has 0 amide bonds. The lowest BCUT2D eigenvalue weighted by Crippen LogP contribution is -2.22. The number of hydrogen-bond donors (Lipinski definition) is 1. The van der Waals surface area contributed by atoms with Gasteiger partial charge in [0.2, 0.25) is 10.0 Å². The molecule has 0 bridgehead atoms. The van der Waals surface area contributed by atoms with Crippen LogP contribution in [0, 0.1) is 12.8 Å². The Morgan fingerprint density at radius 3 is 2.81 bits per heavy atom. The fraction of sp³-hybridized carbons (Fsp3) is 0.417. The molecule has 2 aromatic rings. The maximum absolute atomic E-state index is 12.0. The second-order valence-electron chi connectivity index (χ2n) is 4.83. The van der Waals surface area contributed by atoms with Gasteiger partial charge in [-0.15, -0.1) is 16.7 Å². The van der Waals surface area contributed by atoms with Crippen LogP contribution in [0.3, 0.4) is 0 Å². The van der Waals surface area contributed by atoms with E-state index < -0.39 is 10.0 Å². The number of sulfonamides is 1. The van der Waals surface area contributed by atoms with E-state index >= 15 is 0 Å². The highest BCUT2D eigenvalue weighted by atomic mass is 35.5. The second kappa shape index (κ2) is 6.40. The lowest BCUT2D eigenvalue weighted by Gasteiger charge is -2.12. The predicted molar refractivity (Wildman–Crippen MR) is 81.2 cm³/mol. The monoisotopic (exact) mass is 329 g/mol. The molecule has 9 heteroatoms. The van der Waals surface area contributed by atoms with Gasteiger partial charge < -0.3 is 0 Å². The Hall–Kier alpha value is -1.67. The van der Waals surface area contributed by atoms with Crippen LogP contribution in [0.5, 0.6) is 0 Å². The van der Waals surface area contributed by atoms with Crippen molar-refractivity contribution in [2.75, 3.05) is 16.4 Å². The SMILES string of the molecule is Cc1nnnn1-c1cccc(NS(=O)(=O)CC(C)CCl)c1. The van der Waals surface area contributed by atoms with Gasteiger partial charge in [0.25, 0.3) is 0 Å². The Balaban J connectivity index is 2.21. The van der Waals surface area contributed by atoms with E-state index in [2.05, 4.69) is 20.2 Å². The molecule has 0 aliphatic heterocycles. The van der Waals surface area contributed by atoms with E-state index in [9.17, 15) is 8.42 Å².